The van der Waals surface area contributed by atoms with Crippen LogP contribution in [-0.4, -0.2) is 36.4 Å². The predicted molar refractivity (Wildman–Crippen MR) is 83.5 cm³/mol. The summed E-state index contributed by atoms with van der Waals surface area (Å²) in [5.74, 6) is 1.34. The van der Waals surface area contributed by atoms with Crippen LogP contribution in [0.5, 0.6) is 5.75 Å². The molecule has 0 aromatic heterocycles. The number of rotatable bonds is 8. The van der Waals surface area contributed by atoms with Gasteiger partial charge in [-0.3, -0.25) is 4.79 Å². The van der Waals surface area contributed by atoms with Gasteiger partial charge in [0.25, 0.3) is 0 Å². The van der Waals surface area contributed by atoms with Crippen molar-refractivity contribution in [3.05, 3.63) is 29.8 Å². The fourth-order valence-corrected chi connectivity index (χ4v) is 2.63. The van der Waals surface area contributed by atoms with Crippen molar-refractivity contribution in [3.8, 4) is 5.75 Å². The van der Waals surface area contributed by atoms with Crippen molar-refractivity contribution in [2.45, 2.75) is 39.2 Å². The van der Waals surface area contributed by atoms with Gasteiger partial charge in [-0.1, -0.05) is 32.0 Å². The molecule has 1 aromatic carbocycles. The predicted octanol–water partition coefficient (Wildman–Crippen LogP) is 3.49. The van der Waals surface area contributed by atoms with Crippen molar-refractivity contribution in [3.63, 3.8) is 0 Å². The Hall–Kier alpha value is -1.22. The Morgan fingerprint density at radius 2 is 1.95 bits per heavy atom. The Morgan fingerprint density at radius 1 is 1.30 bits per heavy atom. The molecule has 112 valence electrons. The first-order chi connectivity index (χ1) is 9.67. The summed E-state index contributed by atoms with van der Waals surface area (Å²) >= 11 is 5.84. The van der Waals surface area contributed by atoms with Gasteiger partial charge in [0.15, 0.2) is 0 Å². The van der Waals surface area contributed by atoms with Gasteiger partial charge in [0.2, 0.25) is 5.91 Å². The number of halogens is 1. The average molecular weight is 298 g/mol. The van der Waals surface area contributed by atoms with E-state index in [9.17, 15) is 4.79 Å². The highest BCUT2D eigenvalue weighted by atomic mass is 35.5. The lowest BCUT2D eigenvalue weighted by Gasteiger charge is -2.30. The van der Waals surface area contributed by atoms with Crippen LogP contribution in [0.15, 0.2) is 24.3 Å². The highest BCUT2D eigenvalue weighted by Crippen LogP contribution is 2.20. The van der Waals surface area contributed by atoms with Crippen LogP contribution in [0, 0.1) is 0 Å². The molecule has 1 aromatic rings. The van der Waals surface area contributed by atoms with E-state index in [2.05, 4.69) is 13.8 Å². The van der Waals surface area contributed by atoms with Gasteiger partial charge in [0.1, 0.15) is 5.75 Å². The molecule has 0 unspecified atom stereocenters. The van der Waals surface area contributed by atoms with Crippen LogP contribution in [-0.2, 0) is 11.2 Å². The zero-order valence-electron chi connectivity index (χ0n) is 12.6. The van der Waals surface area contributed by atoms with Gasteiger partial charge < -0.3 is 9.64 Å². The highest BCUT2D eigenvalue weighted by Gasteiger charge is 2.21. The second-order valence-electron chi connectivity index (χ2n) is 4.74. The minimum absolute atomic E-state index is 0.115. The van der Waals surface area contributed by atoms with Crippen molar-refractivity contribution in [1.82, 2.24) is 4.90 Å². The Balaban J connectivity index is 2.85. The zero-order chi connectivity index (χ0) is 15.0. The molecule has 0 fully saturated rings. The van der Waals surface area contributed by atoms with Gasteiger partial charge in [-0.05, 0) is 18.9 Å². The third kappa shape index (κ3) is 4.41. The number of methoxy groups -OCH3 is 1. The minimum atomic E-state index is 0.115. The lowest BCUT2D eigenvalue weighted by Crippen LogP contribution is -2.41. The van der Waals surface area contributed by atoms with Crippen molar-refractivity contribution in [2.75, 3.05) is 19.5 Å². The molecule has 0 bridgehead atoms. The first-order valence-electron chi connectivity index (χ1n) is 7.15. The maximum atomic E-state index is 12.5. The van der Waals surface area contributed by atoms with E-state index < -0.39 is 0 Å². The standard InChI is InChI=1S/C16H24ClNO2/c1-4-14(5-2)18(11-10-17)16(19)12-13-8-6-7-9-15(13)20-3/h6-9,14H,4-5,10-12H2,1-3H3. The maximum Gasteiger partial charge on any atom is 0.227 e. The molecule has 0 aliphatic carbocycles. The number of carbonyl (C=O) groups is 1. The van der Waals surface area contributed by atoms with Crippen LogP contribution in [0.2, 0.25) is 0 Å². The molecular weight excluding hydrogens is 274 g/mol. The summed E-state index contributed by atoms with van der Waals surface area (Å²) in [4.78, 5) is 14.4. The Labute approximate surface area is 126 Å². The molecule has 0 saturated heterocycles. The molecule has 4 heteroatoms. The normalized spacial score (nSPS) is 10.7. The van der Waals surface area contributed by atoms with Crippen LogP contribution in [0.4, 0.5) is 0 Å². The smallest absolute Gasteiger partial charge is 0.227 e. The molecule has 3 nitrogen and oxygen atoms in total. The number of alkyl halides is 1. The number of carbonyl (C=O) groups excluding carboxylic acids is 1. The molecule has 1 amide bonds. The van der Waals surface area contributed by atoms with Gasteiger partial charge in [-0.25, -0.2) is 0 Å². The number of hydrogen-bond donors (Lipinski definition) is 0. The van der Waals surface area contributed by atoms with Crippen LogP contribution in [0.1, 0.15) is 32.3 Å². The first kappa shape index (κ1) is 16.8. The SMILES string of the molecule is CCC(CC)N(CCCl)C(=O)Cc1ccccc1OC. The quantitative estimate of drug-likeness (QED) is 0.687. The third-order valence-electron chi connectivity index (χ3n) is 3.56. The summed E-state index contributed by atoms with van der Waals surface area (Å²) < 4.78 is 5.30. The van der Waals surface area contributed by atoms with Gasteiger partial charge in [-0.15, -0.1) is 11.6 Å². The number of hydrogen-bond acceptors (Lipinski definition) is 2. The molecule has 0 aliphatic rings. The summed E-state index contributed by atoms with van der Waals surface area (Å²) in [5.41, 5.74) is 0.922. The van der Waals surface area contributed by atoms with E-state index in [4.69, 9.17) is 16.3 Å². The lowest BCUT2D eigenvalue weighted by atomic mass is 10.1. The molecule has 0 heterocycles. The summed E-state index contributed by atoms with van der Waals surface area (Å²) in [5, 5.41) is 0. The van der Waals surface area contributed by atoms with Crippen molar-refractivity contribution >= 4 is 17.5 Å². The largest absolute Gasteiger partial charge is 0.496 e. The van der Waals surface area contributed by atoms with Gasteiger partial charge in [0, 0.05) is 24.0 Å². The Morgan fingerprint density at radius 3 is 2.50 bits per heavy atom. The van der Waals surface area contributed by atoms with E-state index in [-0.39, 0.29) is 11.9 Å². The lowest BCUT2D eigenvalue weighted by molar-refractivity contribution is -0.132. The number of ether oxygens (including phenoxy) is 1. The monoisotopic (exact) mass is 297 g/mol. The van der Waals surface area contributed by atoms with Gasteiger partial charge in [0.05, 0.1) is 13.5 Å². The molecule has 0 aliphatic heterocycles. The van der Waals surface area contributed by atoms with E-state index in [0.29, 0.717) is 18.8 Å². The second-order valence-corrected chi connectivity index (χ2v) is 5.11. The first-order valence-corrected chi connectivity index (χ1v) is 7.68. The van der Waals surface area contributed by atoms with E-state index >= 15 is 0 Å². The molecule has 0 N–H and O–H groups in total. The van der Waals surface area contributed by atoms with Crippen LogP contribution in [0.25, 0.3) is 0 Å². The summed E-state index contributed by atoms with van der Waals surface area (Å²) in [6, 6.07) is 7.91. The van der Waals surface area contributed by atoms with E-state index in [1.807, 2.05) is 29.2 Å². The van der Waals surface area contributed by atoms with Crippen LogP contribution < -0.4 is 4.74 Å². The minimum Gasteiger partial charge on any atom is -0.496 e. The van der Waals surface area contributed by atoms with Crippen LogP contribution >= 0.6 is 11.6 Å². The van der Waals surface area contributed by atoms with E-state index in [0.717, 1.165) is 24.2 Å². The molecule has 0 spiro atoms. The maximum absolute atomic E-state index is 12.5. The molecular formula is C16H24ClNO2. The van der Waals surface area contributed by atoms with Crippen molar-refractivity contribution in [2.24, 2.45) is 0 Å². The number of para-hydroxylation sites is 1. The topological polar surface area (TPSA) is 29.5 Å². The number of amides is 1. The molecule has 20 heavy (non-hydrogen) atoms. The van der Waals surface area contributed by atoms with E-state index in [1.54, 1.807) is 7.11 Å². The Kier molecular flexibility index (Phi) is 7.45. The summed E-state index contributed by atoms with van der Waals surface area (Å²) in [6.07, 6.45) is 2.26. The molecule has 1 rings (SSSR count). The summed E-state index contributed by atoms with van der Waals surface area (Å²) in [6.45, 7) is 4.81. The highest BCUT2D eigenvalue weighted by molar-refractivity contribution is 6.18. The second kappa shape index (κ2) is 8.85. The fraction of sp³-hybridized carbons (Fsp3) is 0.562. The third-order valence-corrected chi connectivity index (χ3v) is 3.73. The zero-order valence-corrected chi connectivity index (χ0v) is 13.3. The number of nitrogens with zero attached hydrogens (tertiary/aromatic N) is 1. The van der Waals surface area contributed by atoms with E-state index in [1.165, 1.54) is 0 Å². The van der Waals surface area contributed by atoms with Crippen molar-refractivity contribution < 1.29 is 9.53 Å². The Bertz CT molecular complexity index is 419. The van der Waals surface area contributed by atoms with Gasteiger partial charge >= 0.3 is 0 Å². The molecule has 0 atom stereocenters. The van der Waals surface area contributed by atoms with Crippen molar-refractivity contribution in [1.29, 1.82) is 0 Å². The molecule has 0 saturated carbocycles. The van der Waals surface area contributed by atoms with Crippen LogP contribution in [0.3, 0.4) is 0 Å². The van der Waals surface area contributed by atoms with Gasteiger partial charge in [-0.2, -0.15) is 0 Å². The molecule has 0 radical (unpaired) electrons. The fourth-order valence-electron chi connectivity index (χ4n) is 2.44. The summed E-state index contributed by atoms with van der Waals surface area (Å²) in [7, 11) is 1.63. The average Bonchev–Trinajstić information content (AvgIpc) is 2.48. The number of benzene rings is 1.